The molecule has 0 aromatic carbocycles. The van der Waals surface area contributed by atoms with E-state index in [1.807, 2.05) is 0 Å². The second-order valence-corrected chi connectivity index (χ2v) is 6.79. The number of aliphatic hydroxyl groups excluding tert-OH is 1. The lowest BCUT2D eigenvalue weighted by molar-refractivity contribution is 0.0754. The van der Waals surface area contributed by atoms with Crippen LogP contribution in [0.25, 0.3) is 0 Å². The Morgan fingerprint density at radius 2 is 1.94 bits per heavy atom. The molecular weight excluding hydrogens is 224 g/mol. The van der Waals surface area contributed by atoms with Crippen molar-refractivity contribution in [3.63, 3.8) is 0 Å². The van der Waals surface area contributed by atoms with E-state index < -0.39 is 0 Å². The van der Waals surface area contributed by atoms with E-state index in [1.165, 1.54) is 32.4 Å². The zero-order chi connectivity index (χ0) is 13.2. The summed E-state index contributed by atoms with van der Waals surface area (Å²) in [7, 11) is 2.29. The third kappa shape index (κ3) is 3.06. The average Bonchev–Trinajstić information content (AvgIpc) is 2.58. The summed E-state index contributed by atoms with van der Waals surface area (Å²) in [6.45, 7) is 8.25. The number of rotatable bonds is 5. The molecule has 0 aliphatic carbocycles. The molecule has 2 rings (SSSR count). The summed E-state index contributed by atoms with van der Waals surface area (Å²) in [4.78, 5) is 5.20. The van der Waals surface area contributed by atoms with Crippen molar-refractivity contribution in [3.05, 3.63) is 0 Å². The minimum atomic E-state index is 0.0942. The van der Waals surface area contributed by atoms with Crippen LogP contribution >= 0.6 is 0 Å². The third-order valence-corrected chi connectivity index (χ3v) is 5.07. The molecule has 0 aromatic heterocycles. The summed E-state index contributed by atoms with van der Waals surface area (Å²) in [5.41, 5.74) is 0.0942. The van der Waals surface area contributed by atoms with Crippen LogP contribution in [0.4, 0.5) is 0 Å². The minimum Gasteiger partial charge on any atom is -0.396 e. The first-order chi connectivity index (χ1) is 8.58. The van der Waals surface area contributed by atoms with E-state index in [1.54, 1.807) is 0 Å². The van der Waals surface area contributed by atoms with E-state index in [-0.39, 0.29) is 5.41 Å². The van der Waals surface area contributed by atoms with E-state index in [2.05, 4.69) is 30.7 Å². The monoisotopic (exact) mass is 254 g/mol. The van der Waals surface area contributed by atoms with Crippen molar-refractivity contribution in [1.29, 1.82) is 0 Å². The summed E-state index contributed by atoms with van der Waals surface area (Å²) in [6.07, 6.45) is 6.35. The van der Waals surface area contributed by atoms with Crippen LogP contribution < -0.4 is 0 Å². The smallest absolute Gasteiger partial charge is 0.0497 e. The fraction of sp³-hybridized carbons (Fsp3) is 1.00. The van der Waals surface area contributed by atoms with Gasteiger partial charge in [0.05, 0.1) is 0 Å². The summed E-state index contributed by atoms with van der Waals surface area (Å²) < 4.78 is 0. The first-order valence-corrected chi connectivity index (χ1v) is 7.63. The van der Waals surface area contributed by atoms with Gasteiger partial charge in [0.25, 0.3) is 0 Å². The summed E-state index contributed by atoms with van der Waals surface area (Å²) in [6, 6.07) is 1.56. The minimum absolute atomic E-state index is 0.0942. The number of likely N-dealkylation sites (tertiary alicyclic amines) is 1. The van der Waals surface area contributed by atoms with Gasteiger partial charge in [-0.3, -0.25) is 4.90 Å². The standard InChI is InChI=1S/C15H30N2O/c1-4-8-15(2,12-18)11-17-9-7-13-5-6-14(10-17)16(13)3/h13-14,18H,4-12H2,1-3H3. The van der Waals surface area contributed by atoms with Gasteiger partial charge in [-0.15, -0.1) is 0 Å². The van der Waals surface area contributed by atoms with Gasteiger partial charge in [-0.25, -0.2) is 0 Å². The molecule has 3 nitrogen and oxygen atoms in total. The number of likely N-dealkylation sites (N-methyl/N-ethyl adjacent to an activating group) is 1. The zero-order valence-corrected chi connectivity index (χ0v) is 12.4. The van der Waals surface area contributed by atoms with E-state index in [0.717, 1.165) is 31.5 Å². The normalized spacial score (nSPS) is 33.3. The topological polar surface area (TPSA) is 26.7 Å². The third-order valence-electron chi connectivity index (χ3n) is 5.07. The number of nitrogens with zero attached hydrogens (tertiary/aromatic N) is 2. The fourth-order valence-corrected chi connectivity index (χ4v) is 3.87. The Kier molecular flexibility index (Phi) is 4.68. The van der Waals surface area contributed by atoms with Gasteiger partial charge in [0.2, 0.25) is 0 Å². The Balaban J connectivity index is 1.94. The molecule has 0 saturated carbocycles. The maximum Gasteiger partial charge on any atom is 0.0497 e. The van der Waals surface area contributed by atoms with Crippen LogP contribution in [0.15, 0.2) is 0 Å². The Hall–Kier alpha value is -0.120. The molecule has 3 unspecified atom stereocenters. The van der Waals surface area contributed by atoms with Gasteiger partial charge in [-0.1, -0.05) is 20.3 Å². The Labute approximate surface area is 112 Å². The van der Waals surface area contributed by atoms with Crippen LogP contribution in [-0.2, 0) is 0 Å². The van der Waals surface area contributed by atoms with Crippen LogP contribution in [0.1, 0.15) is 46.0 Å². The second-order valence-electron chi connectivity index (χ2n) is 6.79. The summed E-state index contributed by atoms with van der Waals surface area (Å²) >= 11 is 0. The highest BCUT2D eigenvalue weighted by Gasteiger charge is 2.36. The van der Waals surface area contributed by atoms with Crippen molar-refractivity contribution >= 4 is 0 Å². The molecule has 2 saturated heterocycles. The van der Waals surface area contributed by atoms with Gasteiger partial charge >= 0.3 is 0 Å². The molecule has 0 spiro atoms. The van der Waals surface area contributed by atoms with E-state index >= 15 is 0 Å². The molecular formula is C15H30N2O. The molecule has 2 bridgehead atoms. The van der Waals surface area contributed by atoms with Crippen LogP contribution in [0.5, 0.6) is 0 Å². The molecule has 106 valence electrons. The van der Waals surface area contributed by atoms with Gasteiger partial charge in [-0.05, 0) is 39.3 Å². The van der Waals surface area contributed by atoms with Gasteiger partial charge in [0.1, 0.15) is 0 Å². The van der Waals surface area contributed by atoms with Gasteiger partial charge in [0, 0.05) is 37.2 Å². The molecule has 0 radical (unpaired) electrons. The number of hydrogen-bond donors (Lipinski definition) is 1. The van der Waals surface area contributed by atoms with Gasteiger partial charge < -0.3 is 10.0 Å². The SMILES string of the molecule is CCCC(C)(CO)CN1CCC2CCC(C1)N2C. The largest absolute Gasteiger partial charge is 0.396 e. The van der Waals surface area contributed by atoms with E-state index in [0.29, 0.717) is 6.61 Å². The van der Waals surface area contributed by atoms with Crippen LogP contribution in [-0.4, -0.2) is 60.3 Å². The highest BCUT2D eigenvalue weighted by atomic mass is 16.3. The zero-order valence-electron chi connectivity index (χ0n) is 12.4. The lowest BCUT2D eigenvalue weighted by Crippen LogP contribution is -2.43. The lowest BCUT2D eigenvalue weighted by Gasteiger charge is -2.35. The molecule has 2 aliphatic rings. The van der Waals surface area contributed by atoms with Crippen molar-refractivity contribution in [2.24, 2.45) is 5.41 Å². The number of hydrogen-bond acceptors (Lipinski definition) is 3. The maximum atomic E-state index is 9.66. The Morgan fingerprint density at radius 1 is 1.22 bits per heavy atom. The van der Waals surface area contributed by atoms with E-state index in [4.69, 9.17) is 0 Å². The van der Waals surface area contributed by atoms with Gasteiger partial charge in [0.15, 0.2) is 0 Å². The highest BCUT2D eigenvalue weighted by molar-refractivity contribution is 4.92. The number of fused-ring (bicyclic) bond motifs is 2. The molecule has 2 heterocycles. The molecule has 0 aromatic rings. The quantitative estimate of drug-likeness (QED) is 0.812. The Bertz CT molecular complexity index is 271. The lowest BCUT2D eigenvalue weighted by atomic mass is 9.85. The first kappa shape index (κ1) is 14.3. The molecule has 3 atom stereocenters. The van der Waals surface area contributed by atoms with Crippen LogP contribution in [0, 0.1) is 5.41 Å². The van der Waals surface area contributed by atoms with Crippen molar-refractivity contribution in [1.82, 2.24) is 9.80 Å². The molecule has 2 fully saturated rings. The van der Waals surface area contributed by atoms with E-state index in [9.17, 15) is 5.11 Å². The molecule has 3 heteroatoms. The van der Waals surface area contributed by atoms with Crippen molar-refractivity contribution < 1.29 is 5.11 Å². The molecule has 2 aliphatic heterocycles. The molecule has 18 heavy (non-hydrogen) atoms. The average molecular weight is 254 g/mol. The second kappa shape index (κ2) is 5.89. The van der Waals surface area contributed by atoms with Crippen molar-refractivity contribution in [3.8, 4) is 0 Å². The van der Waals surface area contributed by atoms with Crippen LogP contribution in [0.2, 0.25) is 0 Å². The summed E-state index contributed by atoms with van der Waals surface area (Å²) in [5, 5.41) is 9.66. The predicted molar refractivity (Wildman–Crippen MR) is 75.7 cm³/mol. The first-order valence-electron chi connectivity index (χ1n) is 7.63. The van der Waals surface area contributed by atoms with Crippen LogP contribution in [0.3, 0.4) is 0 Å². The fourth-order valence-electron chi connectivity index (χ4n) is 3.87. The predicted octanol–water partition coefficient (Wildman–Crippen LogP) is 1.95. The highest BCUT2D eigenvalue weighted by Crippen LogP contribution is 2.31. The summed E-state index contributed by atoms with van der Waals surface area (Å²) in [5.74, 6) is 0. The maximum absolute atomic E-state index is 9.66. The van der Waals surface area contributed by atoms with Crippen molar-refractivity contribution in [2.45, 2.75) is 58.0 Å². The Morgan fingerprint density at radius 3 is 2.61 bits per heavy atom. The molecule has 1 N–H and O–H groups in total. The van der Waals surface area contributed by atoms with Gasteiger partial charge in [-0.2, -0.15) is 0 Å². The number of aliphatic hydroxyl groups is 1. The van der Waals surface area contributed by atoms with Crippen molar-refractivity contribution in [2.75, 3.05) is 33.3 Å². The molecule has 0 amide bonds.